The Labute approximate surface area is 131 Å². The second-order valence-electron chi connectivity index (χ2n) is 4.13. The highest BCUT2D eigenvalue weighted by Crippen LogP contribution is 2.26. The van der Waals surface area contributed by atoms with Crippen molar-refractivity contribution in [2.24, 2.45) is 5.14 Å². The Bertz CT molecular complexity index is 735. The lowest BCUT2D eigenvalue weighted by Gasteiger charge is -2.10. The molecule has 0 atom stereocenters. The van der Waals surface area contributed by atoms with Crippen LogP contribution in [0.15, 0.2) is 51.8 Å². The summed E-state index contributed by atoms with van der Waals surface area (Å²) in [5.41, 5.74) is 1.72. The summed E-state index contributed by atoms with van der Waals surface area (Å²) in [5.74, 6) is 0. The first-order chi connectivity index (χ1) is 9.38. The summed E-state index contributed by atoms with van der Waals surface area (Å²) >= 11 is 9.38. The van der Waals surface area contributed by atoms with Crippen LogP contribution in [0, 0.1) is 0 Å². The van der Waals surface area contributed by atoms with Gasteiger partial charge in [0, 0.05) is 21.7 Å². The van der Waals surface area contributed by atoms with E-state index in [-0.39, 0.29) is 4.90 Å². The molecule has 106 valence electrons. The van der Waals surface area contributed by atoms with Crippen LogP contribution < -0.4 is 10.5 Å². The molecule has 0 bridgehead atoms. The maximum atomic E-state index is 11.2. The normalized spacial score (nSPS) is 11.3. The molecular weight excluding hydrogens is 364 g/mol. The highest BCUT2D eigenvalue weighted by Gasteiger charge is 2.10. The van der Waals surface area contributed by atoms with Crippen molar-refractivity contribution in [3.8, 4) is 0 Å². The third kappa shape index (κ3) is 3.73. The van der Waals surface area contributed by atoms with E-state index >= 15 is 0 Å². The lowest BCUT2D eigenvalue weighted by atomic mass is 10.2. The standard InChI is InChI=1S/C13H12BrClN2O2S/c14-11-7-10(20(16,18)19)5-6-13(11)17-8-9-3-1-2-4-12(9)15/h1-7,17H,8H2,(H2,16,18,19). The van der Waals surface area contributed by atoms with E-state index in [1.54, 1.807) is 6.07 Å². The SMILES string of the molecule is NS(=O)(=O)c1ccc(NCc2ccccc2Cl)c(Br)c1. The number of halogens is 2. The number of sulfonamides is 1. The van der Waals surface area contributed by atoms with Gasteiger partial charge in [0.2, 0.25) is 10.0 Å². The van der Waals surface area contributed by atoms with Crippen LogP contribution >= 0.6 is 27.5 Å². The molecule has 0 aliphatic carbocycles. The molecule has 0 saturated heterocycles. The van der Waals surface area contributed by atoms with Gasteiger partial charge in [0.05, 0.1) is 4.90 Å². The van der Waals surface area contributed by atoms with E-state index in [0.29, 0.717) is 16.0 Å². The number of nitrogens with one attached hydrogen (secondary N) is 1. The molecule has 0 heterocycles. The second kappa shape index (κ2) is 6.13. The molecule has 0 fully saturated rings. The van der Waals surface area contributed by atoms with E-state index in [2.05, 4.69) is 21.2 Å². The quantitative estimate of drug-likeness (QED) is 0.860. The molecule has 2 rings (SSSR count). The average molecular weight is 376 g/mol. The van der Waals surface area contributed by atoms with Gasteiger partial charge in [-0.2, -0.15) is 0 Å². The summed E-state index contributed by atoms with van der Waals surface area (Å²) in [6.07, 6.45) is 0. The Kier molecular flexibility index (Phi) is 4.70. The summed E-state index contributed by atoms with van der Waals surface area (Å²) in [5, 5.41) is 8.93. The van der Waals surface area contributed by atoms with Gasteiger partial charge in [0.1, 0.15) is 0 Å². The molecule has 0 saturated carbocycles. The second-order valence-corrected chi connectivity index (χ2v) is 6.95. The van der Waals surface area contributed by atoms with Crippen molar-refractivity contribution < 1.29 is 8.42 Å². The summed E-state index contributed by atoms with van der Waals surface area (Å²) < 4.78 is 23.1. The number of hydrogen-bond acceptors (Lipinski definition) is 3. The van der Waals surface area contributed by atoms with E-state index in [9.17, 15) is 8.42 Å². The van der Waals surface area contributed by atoms with Gasteiger partial charge in [-0.05, 0) is 45.8 Å². The molecule has 20 heavy (non-hydrogen) atoms. The molecule has 2 aromatic rings. The van der Waals surface area contributed by atoms with Crippen LogP contribution in [0.3, 0.4) is 0 Å². The molecule has 0 aromatic heterocycles. The van der Waals surface area contributed by atoms with Gasteiger partial charge in [-0.25, -0.2) is 13.6 Å². The largest absolute Gasteiger partial charge is 0.380 e. The zero-order valence-electron chi connectivity index (χ0n) is 10.3. The topological polar surface area (TPSA) is 72.2 Å². The van der Waals surface area contributed by atoms with Gasteiger partial charge in [0.15, 0.2) is 0 Å². The minimum absolute atomic E-state index is 0.0627. The maximum absolute atomic E-state index is 11.2. The summed E-state index contributed by atoms with van der Waals surface area (Å²) in [7, 11) is -3.69. The molecule has 0 unspecified atom stereocenters. The van der Waals surface area contributed by atoms with Crippen molar-refractivity contribution in [3.05, 3.63) is 57.5 Å². The zero-order chi connectivity index (χ0) is 14.8. The summed E-state index contributed by atoms with van der Waals surface area (Å²) in [4.78, 5) is 0.0627. The lowest BCUT2D eigenvalue weighted by Crippen LogP contribution is -2.12. The number of hydrogen-bond donors (Lipinski definition) is 2. The highest BCUT2D eigenvalue weighted by molar-refractivity contribution is 9.10. The third-order valence-corrected chi connectivity index (χ3v) is 4.63. The van der Waals surface area contributed by atoms with Crippen molar-refractivity contribution >= 4 is 43.2 Å². The lowest BCUT2D eigenvalue weighted by molar-refractivity contribution is 0.598. The first-order valence-corrected chi connectivity index (χ1v) is 8.39. The zero-order valence-corrected chi connectivity index (χ0v) is 13.5. The van der Waals surface area contributed by atoms with Crippen LogP contribution in [0.25, 0.3) is 0 Å². The average Bonchev–Trinajstić information content (AvgIpc) is 2.38. The number of anilines is 1. The Morgan fingerprint density at radius 2 is 1.90 bits per heavy atom. The van der Waals surface area contributed by atoms with Crippen molar-refractivity contribution in [1.82, 2.24) is 0 Å². The first-order valence-electron chi connectivity index (χ1n) is 5.67. The molecular formula is C13H12BrClN2O2S. The number of benzene rings is 2. The fourth-order valence-corrected chi connectivity index (χ4v) is 3.06. The third-order valence-electron chi connectivity index (χ3n) is 2.70. The van der Waals surface area contributed by atoms with Crippen LogP contribution in [-0.4, -0.2) is 8.42 Å². The van der Waals surface area contributed by atoms with Gasteiger partial charge in [-0.15, -0.1) is 0 Å². The predicted octanol–water partition coefficient (Wildman–Crippen LogP) is 3.36. The summed E-state index contributed by atoms with van der Waals surface area (Å²) in [6, 6.07) is 12.1. The molecule has 7 heteroatoms. The van der Waals surface area contributed by atoms with Crippen LogP contribution in [0.2, 0.25) is 5.02 Å². The van der Waals surface area contributed by atoms with E-state index < -0.39 is 10.0 Å². The number of primary sulfonamides is 1. The molecule has 0 radical (unpaired) electrons. The molecule has 4 nitrogen and oxygen atoms in total. The molecule has 2 aromatic carbocycles. The van der Waals surface area contributed by atoms with Crippen LogP contribution in [0.1, 0.15) is 5.56 Å². The van der Waals surface area contributed by atoms with Crippen molar-refractivity contribution in [3.63, 3.8) is 0 Å². The van der Waals surface area contributed by atoms with Gasteiger partial charge in [-0.1, -0.05) is 29.8 Å². The van der Waals surface area contributed by atoms with Gasteiger partial charge in [0.25, 0.3) is 0 Å². The fourth-order valence-electron chi connectivity index (χ4n) is 1.65. The fraction of sp³-hybridized carbons (Fsp3) is 0.0769. The minimum atomic E-state index is -3.69. The van der Waals surface area contributed by atoms with Crippen molar-refractivity contribution in [2.75, 3.05) is 5.32 Å². The van der Waals surface area contributed by atoms with Gasteiger partial charge < -0.3 is 5.32 Å². The smallest absolute Gasteiger partial charge is 0.238 e. The Morgan fingerprint density at radius 3 is 2.50 bits per heavy atom. The molecule has 3 N–H and O–H groups in total. The number of nitrogens with two attached hydrogens (primary N) is 1. The Morgan fingerprint density at radius 1 is 1.20 bits per heavy atom. The van der Waals surface area contributed by atoms with Crippen LogP contribution in [0.5, 0.6) is 0 Å². The molecule has 0 aliphatic heterocycles. The first kappa shape index (κ1) is 15.3. The van der Waals surface area contributed by atoms with E-state index in [0.717, 1.165) is 11.3 Å². The predicted molar refractivity (Wildman–Crippen MR) is 84.3 cm³/mol. The van der Waals surface area contributed by atoms with Gasteiger partial charge in [-0.3, -0.25) is 0 Å². The van der Waals surface area contributed by atoms with Crippen molar-refractivity contribution in [2.45, 2.75) is 11.4 Å². The Hall–Kier alpha value is -1.08. The van der Waals surface area contributed by atoms with Crippen molar-refractivity contribution in [1.29, 1.82) is 0 Å². The monoisotopic (exact) mass is 374 g/mol. The van der Waals surface area contributed by atoms with E-state index in [1.807, 2.05) is 24.3 Å². The van der Waals surface area contributed by atoms with Crippen LogP contribution in [0.4, 0.5) is 5.69 Å². The summed E-state index contributed by atoms with van der Waals surface area (Å²) in [6.45, 7) is 0.535. The molecule has 0 spiro atoms. The Balaban J connectivity index is 2.17. The minimum Gasteiger partial charge on any atom is -0.380 e. The highest BCUT2D eigenvalue weighted by atomic mass is 79.9. The maximum Gasteiger partial charge on any atom is 0.238 e. The number of rotatable bonds is 4. The van der Waals surface area contributed by atoms with E-state index in [1.165, 1.54) is 12.1 Å². The van der Waals surface area contributed by atoms with E-state index in [4.69, 9.17) is 16.7 Å². The molecule has 0 aliphatic rings. The molecule has 0 amide bonds. The van der Waals surface area contributed by atoms with Gasteiger partial charge >= 0.3 is 0 Å². The van der Waals surface area contributed by atoms with Crippen LogP contribution in [-0.2, 0) is 16.6 Å².